The van der Waals surface area contributed by atoms with Gasteiger partial charge in [-0.25, -0.2) is 0 Å². The zero-order chi connectivity index (χ0) is 19.2. The summed E-state index contributed by atoms with van der Waals surface area (Å²) in [5.74, 6) is 6.71. The largest absolute Gasteiger partial charge is 0.491 e. The Labute approximate surface area is 170 Å². The van der Waals surface area contributed by atoms with Crippen molar-refractivity contribution in [2.75, 3.05) is 31.3 Å². The number of carbonyl (C=O) groups excluding carboxylic acids is 1. The molecule has 0 spiro atoms. The van der Waals surface area contributed by atoms with Crippen LogP contribution in [0.2, 0.25) is 0 Å². The van der Waals surface area contributed by atoms with Crippen LogP contribution < -0.4 is 15.4 Å². The third-order valence-corrected chi connectivity index (χ3v) is 4.36. The molecule has 1 atom stereocenters. The van der Waals surface area contributed by atoms with E-state index in [4.69, 9.17) is 20.7 Å². The first-order valence-corrected chi connectivity index (χ1v) is 8.79. The maximum atomic E-state index is 12.3. The Hall–Kier alpha value is -2.56. The van der Waals surface area contributed by atoms with Crippen LogP contribution >= 0.6 is 12.4 Å². The summed E-state index contributed by atoms with van der Waals surface area (Å²) in [5, 5.41) is 17.9. The molecular formula is C21H23ClN2O4. The van der Waals surface area contributed by atoms with Crippen molar-refractivity contribution in [2.45, 2.75) is 12.5 Å². The number of nitrogens with zero attached hydrogens (tertiary/aromatic N) is 1. The number of fused-ring (bicyclic) bond motifs is 1. The maximum Gasteiger partial charge on any atom is 0.246 e. The van der Waals surface area contributed by atoms with Gasteiger partial charge in [-0.1, -0.05) is 17.9 Å². The van der Waals surface area contributed by atoms with Crippen LogP contribution in [0.4, 0.5) is 5.69 Å². The smallest absolute Gasteiger partial charge is 0.246 e. The van der Waals surface area contributed by atoms with E-state index in [1.54, 1.807) is 4.90 Å². The molecule has 6 nitrogen and oxygen atoms in total. The SMILES string of the molecule is Cl.N[C@H](CO)C(=O)N1CCc2c(C#Cc3ccc(OCCO)cc3)cccc21. The van der Waals surface area contributed by atoms with Gasteiger partial charge >= 0.3 is 0 Å². The minimum atomic E-state index is -0.905. The molecule has 3 rings (SSSR count). The van der Waals surface area contributed by atoms with Crippen LogP contribution in [0.15, 0.2) is 42.5 Å². The molecule has 0 unspecified atom stereocenters. The summed E-state index contributed by atoms with van der Waals surface area (Å²) in [4.78, 5) is 13.9. The number of anilines is 1. The predicted octanol–water partition coefficient (Wildman–Crippen LogP) is 1.09. The number of halogens is 1. The molecule has 0 saturated heterocycles. The highest BCUT2D eigenvalue weighted by molar-refractivity contribution is 5.99. The normalized spacial score (nSPS) is 13.0. The Morgan fingerprint density at radius 1 is 1.18 bits per heavy atom. The first-order valence-electron chi connectivity index (χ1n) is 8.79. The number of benzene rings is 2. The summed E-state index contributed by atoms with van der Waals surface area (Å²) in [6.07, 6.45) is 0.706. The topological polar surface area (TPSA) is 96.0 Å². The summed E-state index contributed by atoms with van der Waals surface area (Å²) in [7, 11) is 0. The average molecular weight is 403 g/mol. The molecule has 2 aromatic carbocycles. The maximum absolute atomic E-state index is 12.3. The Balaban J connectivity index is 0.00000280. The number of aliphatic hydroxyl groups is 2. The van der Waals surface area contributed by atoms with E-state index in [-0.39, 0.29) is 38.1 Å². The first-order chi connectivity index (χ1) is 13.1. The predicted molar refractivity (Wildman–Crippen MR) is 110 cm³/mol. The van der Waals surface area contributed by atoms with Gasteiger partial charge in [0.1, 0.15) is 18.4 Å². The summed E-state index contributed by atoms with van der Waals surface area (Å²) in [6, 6.07) is 12.1. The zero-order valence-electron chi connectivity index (χ0n) is 15.3. The molecule has 0 fully saturated rings. The van der Waals surface area contributed by atoms with Gasteiger partial charge in [0.25, 0.3) is 0 Å². The molecule has 0 saturated carbocycles. The Kier molecular flexibility index (Phi) is 7.85. The van der Waals surface area contributed by atoms with Crippen molar-refractivity contribution in [3.05, 3.63) is 59.2 Å². The van der Waals surface area contributed by atoms with Crippen molar-refractivity contribution >= 4 is 24.0 Å². The van der Waals surface area contributed by atoms with E-state index in [1.807, 2.05) is 42.5 Å². The molecule has 0 aromatic heterocycles. The number of nitrogens with two attached hydrogens (primary N) is 1. The second kappa shape index (κ2) is 10.1. The molecule has 2 aromatic rings. The molecule has 1 aliphatic rings. The Morgan fingerprint density at radius 2 is 1.93 bits per heavy atom. The second-order valence-electron chi connectivity index (χ2n) is 6.18. The average Bonchev–Trinajstić information content (AvgIpc) is 3.15. The second-order valence-corrected chi connectivity index (χ2v) is 6.18. The third kappa shape index (κ3) is 4.83. The number of hydrogen-bond donors (Lipinski definition) is 3. The number of ether oxygens (including phenoxy) is 1. The number of rotatable bonds is 5. The van der Waals surface area contributed by atoms with E-state index in [1.165, 1.54) is 0 Å². The quantitative estimate of drug-likeness (QED) is 0.650. The molecule has 0 radical (unpaired) electrons. The molecular weight excluding hydrogens is 380 g/mol. The van der Waals surface area contributed by atoms with Gasteiger partial charge in [0, 0.05) is 23.4 Å². The highest BCUT2D eigenvalue weighted by atomic mass is 35.5. The molecule has 1 heterocycles. The number of amides is 1. The fourth-order valence-electron chi connectivity index (χ4n) is 3.00. The zero-order valence-corrected chi connectivity index (χ0v) is 16.1. The summed E-state index contributed by atoms with van der Waals surface area (Å²) < 4.78 is 5.33. The number of carbonyl (C=O) groups is 1. The minimum absolute atomic E-state index is 0. The fraction of sp³-hybridized carbons (Fsp3) is 0.286. The summed E-state index contributed by atoms with van der Waals surface area (Å²) in [5.41, 5.74) is 9.22. The van der Waals surface area contributed by atoms with E-state index >= 15 is 0 Å². The fourth-order valence-corrected chi connectivity index (χ4v) is 3.00. The van der Waals surface area contributed by atoms with Crippen molar-refractivity contribution in [1.29, 1.82) is 0 Å². The standard InChI is InChI=1S/C21H22N2O4.ClH/c22-19(14-25)21(26)23-11-10-18-16(2-1-3-20(18)23)7-4-15-5-8-17(9-6-15)27-13-12-24;/h1-3,5-6,8-9,19,24-25H,10-14,22H2;1H/t19-;/m1./s1. The van der Waals surface area contributed by atoms with Gasteiger partial charge < -0.3 is 25.6 Å². The van der Waals surface area contributed by atoms with Gasteiger partial charge in [-0.15, -0.1) is 12.4 Å². The van der Waals surface area contributed by atoms with E-state index in [2.05, 4.69) is 11.8 Å². The lowest BCUT2D eigenvalue weighted by Gasteiger charge is -2.20. The Morgan fingerprint density at radius 3 is 2.61 bits per heavy atom. The lowest BCUT2D eigenvalue weighted by Crippen LogP contribution is -2.45. The van der Waals surface area contributed by atoms with E-state index in [0.29, 0.717) is 18.7 Å². The molecule has 0 aliphatic carbocycles. The van der Waals surface area contributed by atoms with Crippen LogP contribution in [-0.4, -0.2) is 48.5 Å². The van der Waals surface area contributed by atoms with Gasteiger partial charge in [-0.2, -0.15) is 0 Å². The molecule has 0 bridgehead atoms. The van der Waals surface area contributed by atoms with Crippen LogP contribution in [0, 0.1) is 11.8 Å². The van der Waals surface area contributed by atoms with Crippen molar-refractivity contribution in [3.63, 3.8) is 0 Å². The van der Waals surface area contributed by atoms with E-state index in [9.17, 15) is 4.79 Å². The highest BCUT2D eigenvalue weighted by Gasteiger charge is 2.29. The van der Waals surface area contributed by atoms with Crippen LogP contribution in [0.25, 0.3) is 0 Å². The van der Waals surface area contributed by atoms with Gasteiger partial charge in [0.15, 0.2) is 0 Å². The lowest BCUT2D eigenvalue weighted by molar-refractivity contribution is -0.120. The summed E-state index contributed by atoms with van der Waals surface area (Å²) >= 11 is 0. The minimum Gasteiger partial charge on any atom is -0.491 e. The van der Waals surface area contributed by atoms with Crippen molar-refractivity contribution in [2.24, 2.45) is 5.73 Å². The van der Waals surface area contributed by atoms with Gasteiger partial charge in [-0.05, 0) is 48.4 Å². The van der Waals surface area contributed by atoms with Gasteiger partial charge in [0.2, 0.25) is 5.91 Å². The lowest BCUT2D eigenvalue weighted by atomic mass is 10.0. The van der Waals surface area contributed by atoms with Crippen molar-refractivity contribution < 1.29 is 19.7 Å². The van der Waals surface area contributed by atoms with Crippen molar-refractivity contribution in [3.8, 4) is 17.6 Å². The van der Waals surface area contributed by atoms with Crippen LogP contribution in [0.5, 0.6) is 5.75 Å². The van der Waals surface area contributed by atoms with Crippen molar-refractivity contribution in [1.82, 2.24) is 0 Å². The monoisotopic (exact) mass is 402 g/mol. The third-order valence-electron chi connectivity index (χ3n) is 4.36. The van der Waals surface area contributed by atoms with Gasteiger partial charge in [-0.3, -0.25) is 4.79 Å². The van der Waals surface area contributed by atoms with Crippen LogP contribution in [0.1, 0.15) is 16.7 Å². The molecule has 148 valence electrons. The van der Waals surface area contributed by atoms with Gasteiger partial charge in [0.05, 0.1) is 13.2 Å². The van der Waals surface area contributed by atoms with Crippen LogP contribution in [0.3, 0.4) is 0 Å². The first kappa shape index (κ1) is 21.7. The molecule has 1 amide bonds. The van der Waals surface area contributed by atoms with Crippen LogP contribution in [-0.2, 0) is 11.2 Å². The number of aliphatic hydroxyl groups excluding tert-OH is 2. The highest BCUT2D eigenvalue weighted by Crippen LogP contribution is 2.30. The molecule has 1 aliphatic heterocycles. The number of hydrogen-bond acceptors (Lipinski definition) is 5. The molecule has 4 N–H and O–H groups in total. The van der Waals surface area contributed by atoms with E-state index in [0.717, 1.165) is 22.4 Å². The molecule has 7 heteroatoms. The Bertz CT molecular complexity index is 874. The molecule has 28 heavy (non-hydrogen) atoms. The summed E-state index contributed by atoms with van der Waals surface area (Å²) in [6.45, 7) is 0.402. The van der Waals surface area contributed by atoms with E-state index < -0.39 is 6.04 Å².